The van der Waals surface area contributed by atoms with Crippen LogP contribution in [0.3, 0.4) is 0 Å². The summed E-state index contributed by atoms with van der Waals surface area (Å²) in [5.74, 6) is -0.946. The number of esters is 1. The number of benzene rings is 2. The Morgan fingerprint density at radius 3 is 2.71 bits per heavy atom. The summed E-state index contributed by atoms with van der Waals surface area (Å²) < 4.78 is 5.05. The number of amides is 2. The smallest absolute Gasteiger partial charge is 0.354 e. The normalized spacial score (nSPS) is 16.7. The zero-order chi connectivity index (χ0) is 19.9. The van der Waals surface area contributed by atoms with Crippen LogP contribution >= 0.6 is 0 Å². The average Bonchev–Trinajstić information content (AvgIpc) is 3.11. The van der Waals surface area contributed by atoms with Crippen LogP contribution in [0.2, 0.25) is 0 Å². The fraction of sp³-hybridized carbons (Fsp3) is 0.318. The number of carbonyl (C=O) groups excluding carboxylic acids is 3. The van der Waals surface area contributed by atoms with E-state index in [1.807, 2.05) is 30.3 Å². The molecular weight excluding hydrogens is 356 g/mol. The van der Waals surface area contributed by atoms with E-state index in [0.29, 0.717) is 24.9 Å². The van der Waals surface area contributed by atoms with E-state index in [9.17, 15) is 14.4 Å². The van der Waals surface area contributed by atoms with Crippen LogP contribution < -0.4 is 10.6 Å². The first-order valence-electron chi connectivity index (χ1n) is 9.53. The molecule has 2 aromatic carbocycles. The maximum Gasteiger partial charge on any atom is 0.354 e. The number of nitrogens with one attached hydrogen (secondary N) is 2. The van der Waals surface area contributed by atoms with Crippen molar-refractivity contribution in [3.63, 3.8) is 0 Å². The summed E-state index contributed by atoms with van der Waals surface area (Å²) in [5.41, 5.74) is 0.572. The van der Waals surface area contributed by atoms with Crippen LogP contribution in [0.4, 0.5) is 0 Å². The molecule has 0 spiro atoms. The topological polar surface area (TPSA) is 84.5 Å². The van der Waals surface area contributed by atoms with Gasteiger partial charge in [-0.1, -0.05) is 36.4 Å². The molecule has 2 aromatic rings. The van der Waals surface area contributed by atoms with Gasteiger partial charge < -0.3 is 15.4 Å². The van der Waals surface area contributed by atoms with E-state index in [4.69, 9.17) is 4.74 Å². The van der Waals surface area contributed by atoms with Crippen LogP contribution in [-0.4, -0.2) is 30.9 Å². The summed E-state index contributed by atoms with van der Waals surface area (Å²) in [7, 11) is 0. The lowest BCUT2D eigenvalue weighted by molar-refractivity contribution is -0.138. The molecule has 146 valence electrons. The predicted molar refractivity (Wildman–Crippen MR) is 106 cm³/mol. The van der Waals surface area contributed by atoms with Crippen molar-refractivity contribution in [1.82, 2.24) is 10.6 Å². The Bertz CT molecular complexity index is 920. The summed E-state index contributed by atoms with van der Waals surface area (Å²) >= 11 is 0. The predicted octanol–water partition coefficient (Wildman–Crippen LogP) is 2.93. The third kappa shape index (κ3) is 4.76. The summed E-state index contributed by atoms with van der Waals surface area (Å²) in [4.78, 5) is 36.5. The van der Waals surface area contributed by atoms with Crippen molar-refractivity contribution >= 4 is 28.6 Å². The number of rotatable bonds is 7. The summed E-state index contributed by atoms with van der Waals surface area (Å²) in [6.07, 6.45) is 3.57. The van der Waals surface area contributed by atoms with Gasteiger partial charge in [0.15, 0.2) is 0 Å². The first-order chi connectivity index (χ1) is 13.6. The van der Waals surface area contributed by atoms with E-state index in [0.717, 1.165) is 17.2 Å². The van der Waals surface area contributed by atoms with E-state index >= 15 is 0 Å². The molecule has 0 bridgehead atoms. The third-order valence-corrected chi connectivity index (χ3v) is 4.78. The largest absolute Gasteiger partial charge is 0.461 e. The minimum absolute atomic E-state index is 0.0455. The molecule has 0 aromatic heterocycles. The molecule has 1 heterocycles. The van der Waals surface area contributed by atoms with E-state index in [2.05, 4.69) is 10.6 Å². The van der Waals surface area contributed by atoms with Gasteiger partial charge in [-0.15, -0.1) is 0 Å². The van der Waals surface area contributed by atoms with Gasteiger partial charge in [-0.2, -0.15) is 0 Å². The molecule has 1 atom stereocenters. The van der Waals surface area contributed by atoms with Crippen molar-refractivity contribution in [2.75, 3.05) is 13.2 Å². The molecule has 1 saturated heterocycles. The fourth-order valence-corrected chi connectivity index (χ4v) is 3.27. The van der Waals surface area contributed by atoms with Gasteiger partial charge in [-0.3, -0.25) is 9.59 Å². The highest BCUT2D eigenvalue weighted by Gasteiger charge is 2.23. The molecule has 28 heavy (non-hydrogen) atoms. The Morgan fingerprint density at radius 1 is 1.21 bits per heavy atom. The summed E-state index contributed by atoms with van der Waals surface area (Å²) in [5, 5.41) is 7.45. The second kappa shape index (κ2) is 9.17. The molecule has 6 heteroatoms. The maximum atomic E-state index is 12.7. The highest BCUT2D eigenvalue weighted by molar-refractivity contribution is 6.03. The zero-order valence-electron chi connectivity index (χ0n) is 15.9. The molecule has 0 unspecified atom stereocenters. The van der Waals surface area contributed by atoms with Crippen molar-refractivity contribution in [2.24, 2.45) is 5.92 Å². The Kier molecular flexibility index (Phi) is 6.42. The van der Waals surface area contributed by atoms with Crippen LogP contribution in [0.15, 0.2) is 54.2 Å². The van der Waals surface area contributed by atoms with Crippen LogP contribution in [0.5, 0.6) is 0 Å². The first kappa shape index (κ1) is 19.6. The summed E-state index contributed by atoms with van der Waals surface area (Å²) in [6, 6.07) is 13.1. The number of ether oxygens (including phenoxy) is 1. The SMILES string of the molecule is CCOC(=O)C(=CCC[C@H]1CCNC1=O)NC(=O)c1ccc2ccccc2c1. The van der Waals surface area contributed by atoms with Gasteiger partial charge in [0.25, 0.3) is 5.91 Å². The molecule has 2 N–H and O–H groups in total. The number of fused-ring (bicyclic) bond motifs is 1. The van der Waals surface area contributed by atoms with Crippen molar-refractivity contribution in [3.05, 3.63) is 59.8 Å². The maximum absolute atomic E-state index is 12.7. The Hall–Kier alpha value is -3.15. The van der Waals surface area contributed by atoms with Gasteiger partial charge in [0, 0.05) is 18.0 Å². The van der Waals surface area contributed by atoms with Crippen LogP contribution in [-0.2, 0) is 14.3 Å². The third-order valence-electron chi connectivity index (χ3n) is 4.78. The molecule has 2 amide bonds. The van der Waals surface area contributed by atoms with Gasteiger partial charge >= 0.3 is 5.97 Å². The molecule has 0 saturated carbocycles. The average molecular weight is 380 g/mol. The number of hydrogen-bond acceptors (Lipinski definition) is 4. The second-order valence-corrected chi connectivity index (χ2v) is 6.71. The molecular formula is C22H24N2O4. The lowest BCUT2D eigenvalue weighted by Crippen LogP contribution is -2.28. The van der Waals surface area contributed by atoms with Crippen molar-refractivity contribution < 1.29 is 19.1 Å². The van der Waals surface area contributed by atoms with Crippen LogP contribution in [0.25, 0.3) is 10.8 Å². The molecule has 0 radical (unpaired) electrons. The van der Waals surface area contributed by atoms with Gasteiger partial charge in [-0.05, 0) is 49.1 Å². The molecule has 0 aliphatic carbocycles. The Labute approximate surface area is 163 Å². The Morgan fingerprint density at radius 2 is 2.00 bits per heavy atom. The van der Waals surface area contributed by atoms with Gasteiger partial charge in [0.1, 0.15) is 5.70 Å². The highest BCUT2D eigenvalue weighted by Crippen LogP contribution is 2.18. The lowest BCUT2D eigenvalue weighted by atomic mass is 10.0. The van der Waals surface area contributed by atoms with Crippen molar-refractivity contribution in [2.45, 2.75) is 26.2 Å². The van der Waals surface area contributed by atoms with Gasteiger partial charge in [-0.25, -0.2) is 4.79 Å². The lowest BCUT2D eigenvalue weighted by Gasteiger charge is -2.11. The van der Waals surface area contributed by atoms with E-state index < -0.39 is 5.97 Å². The standard InChI is InChI=1S/C22H24N2O4/c1-2-28-22(27)19(9-5-8-16-12-13-23-20(16)25)24-21(26)18-11-10-15-6-3-4-7-17(15)14-18/h3-4,6-7,9-11,14,16H,2,5,8,12-13H2,1H3,(H,23,25)(H,24,26)/t16-/m0/s1. The number of allylic oxidation sites excluding steroid dienone is 1. The molecule has 1 aliphatic heterocycles. The Balaban J connectivity index is 1.71. The monoisotopic (exact) mass is 380 g/mol. The fourth-order valence-electron chi connectivity index (χ4n) is 3.27. The molecule has 6 nitrogen and oxygen atoms in total. The first-order valence-corrected chi connectivity index (χ1v) is 9.53. The van der Waals surface area contributed by atoms with E-state index in [1.165, 1.54) is 0 Å². The van der Waals surface area contributed by atoms with Crippen molar-refractivity contribution in [1.29, 1.82) is 0 Å². The van der Waals surface area contributed by atoms with Crippen LogP contribution in [0.1, 0.15) is 36.5 Å². The number of hydrogen-bond donors (Lipinski definition) is 2. The molecule has 1 aliphatic rings. The minimum Gasteiger partial charge on any atom is -0.461 e. The zero-order valence-corrected chi connectivity index (χ0v) is 15.9. The molecule has 1 fully saturated rings. The van der Waals surface area contributed by atoms with Crippen LogP contribution in [0, 0.1) is 5.92 Å². The summed E-state index contributed by atoms with van der Waals surface area (Å²) in [6.45, 7) is 2.62. The highest BCUT2D eigenvalue weighted by atomic mass is 16.5. The van der Waals surface area contributed by atoms with E-state index in [-0.39, 0.29) is 30.0 Å². The molecule has 3 rings (SSSR count). The minimum atomic E-state index is -0.576. The quantitative estimate of drug-likeness (QED) is 0.571. The van der Waals surface area contributed by atoms with Crippen molar-refractivity contribution in [3.8, 4) is 0 Å². The number of carbonyl (C=O) groups is 3. The van der Waals surface area contributed by atoms with Gasteiger partial charge in [0.05, 0.1) is 6.61 Å². The second-order valence-electron chi connectivity index (χ2n) is 6.71. The van der Waals surface area contributed by atoms with E-state index in [1.54, 1.807) is 25.1 Å². The van der Waals surface area contributed by atoms with Gasteiger partial charge in [0.2, 0.25) is 5.91 Å².